The lowest BCUT2D eigenvalue weighted by atomic mass is 10.2. The first-order chi connectivity index (χ1) is 7.63. The third-order valence-electron chi connectivity index (χ3n) is 3.33. The summed E-state index contributed by atoms with van der Waals surface area (Å²) in [5.41, 5.74) is 0. The monoisotopic (exact) mass is 228 g/mol. The number of rotatable bonds is 7. The van der Waals surface area contributed by atoms with E-state index in [9.17, 15) is 0 Å². The SMILES string of the molecule is COC(C)CN1CCCC1CNCC(C)C. The summed E-state index contributed by atoms with van der Waals surface area (Å²) in [5, 5.41) is 3.57. The van der Waals surface area contributed by atoms with Gasteiger partial charge in [0.05, 0.1) is 6.10 Å². The fraction of sp³-hybridized carbons (Fsp3) is 1.00. The van der Waals surface area contributed by atoms with Crippen LogP contribution in [0.1, 0.15) is 33.6 Å². The van der Waals surface area contributed by atoms with E-state index >= 15 is 0 Å². The lowest BCUT2D eigenvalue weighted by molar-refractivity contribution is 0.0723. The minimum atomic E-state index is 0.352. The van der Waals surface area contributed by atoms with Crippen molar-refractivity contribution in [3.8, 4) is 0 Å². The van der Waals surface area contributed by atoms with E-state index in [2.05, 4.69) is 31.0 Å². The van der Waals surface area contributed by atoms with Crippen molar-refractivity contribution in [2.24, 2.45) is 5.92 Å². The van der Waals surface area contributed by atoms with Gasteiger partial charge in [0.1, 0.15) is 0 Å². The van der Waals surface area contributed by atoms with Gasteiger partial charge in [-0.05, 0) is 38.8 Å². The van der Waals surface area contributed by atoms with Crippen molar-refractivity contribution in [1.29, 1.82) is 0 Å². The lowest BCUT2D eigenvalue weighted by Gasteiger charge is -2.27. The second-order valence-electron chi connectivity index (χ2n) is 5.39. The minimum absolute atomic E-state index is 0.352. The van der Waals surface area contributed by atoms with Crippen LogP contribution in [-0.4, -0.2) is 50.3 Å². The van der Waals surface area contributed by atoms with Crippen molar-refractivity contribution in [1.82, 2.24) is 10.2 Å². The van der Waals surface area contributed by atoms with Crippen LogP contribution in [0.5, 0.6) is 0 Å². The van der Waals surface area contributed by atoms with Crippen LogP contribution in [0, 0.1) is 5.92 Å². The van der Waals surface area contributed by atoms with E-state index in [1.54, 1.807) is 7.11 Å². The molecule has 3 heteroatoms. The maximum atomic E-state index is 5.34. The van der Waals surface area contributed by atoms with Crippen LogP contribution in [0.15, 0.2) is 0 Å². The zero-order valence-corrected chi connectivity index (χ0v) is 11.3. The van der Waals surface area contributed by atoms with Crippen molar-refractivity contribution in [2.75, 3.05) is 33.3 Å². The van der Waals surface area contributed by atoms with Gasteiger partial charge in [-0.3, -0.25) is 4.90 Å². The van der Waals surface area contributed by atoms with Gasteiger partial charge in [0.25, 0.3) is 0 Å². The molecule has 0 saturated carbocycles. The predicted molar refractivity (Wildman–Crippen MR) is 68.8 cm³/mol. The van der Waals surface area contributed by atoms with Gasteiger partial charge in [-0.15, -0.1) is 0 Å². The quantitative estimate of drug-likeness (QED) is 0.718. The molecule has 1 saturated heterocycles. The Hall–Kier alpha value is -0.120. The zero-order chi connectivity index (χ0) is 12.0. The summed E-state index contributed by atoms with van der Waals surface area (Å²) in [6, 6.07) is 0.719. The molecule has 0 bridgehead atoms. The summed E-state index contributed by atoms with van der Waals surface area (Å²) in [6.45, 7) is 11.2. The molecule has 0 aromatic heterocycles. The summed E-state index contributed by atoms with van der Waals surface area (Å²) in [6.07, 6.45) is 3.03. The Balaban J connectivity index is 2.23. The Morgan fingerprint density at radius 2 is 2.12 bits per heavy atom. The number of methoxy groups -OCH3 is 1. The smallest absolute Gasteiger partial charge is 0.0670 e. The molecule has 0 aromatic rings. The second kappa shape index (κ2) is 7.25. The zero-order valence-electron chi connectivity index (χ0n) is 11.3. The summed E-state index contributed by atoms with van der Waals surface area (Å²) < 4.78 is 5.34. The molecule has 1 aliphatic rings. The van der Waals surface area contributed by atoms with Crippen LogP contribution in [-0.2, 0) is 4.74 Å². The van der Waals surface area contributed by atoms with Crippen LogP contribution in [0.2, 0.25) is 0 Å². The normalized spacial score (nSPS) is 24.2. The molecule has 1 heterocycles. The van der Waals surface area contributed by atoms with E-state index < -0.39 is 0 Å². The molecule has 96 valence electrons. The van der Waals surface area contributed by atoms with Crippen molar-refractivity contribution in [2.45, 2.75) is 45.8 Å². The summed E-state index contributed by atoms with van der Waals surface area (Å²) in [4.78, 5) is 2.57. The summed E-state index contributed by atoms with van der Waals surface area (Å²) >= 11 is 0. The van der Waals surface area contributed by atoms with Gasteiger partial charge in [0.15, 0.2) is 0 Å². The minimum Gasteiger partial charge on any atom is -0.380 e. The molecule has 0 radical (unpaired) electrons. The van der Waals surface area contributed by atoms with Crippen LogP contribution in [0.3, 0.4) is 0 Å². The van der Waals surface area contributed by atoms with E-state index in [0.717, 1.165) is 31.6 Å². The highest BCUT2D eigenvalue weighted by Crippen LogP contribution is 2.17. The largest absolute Gasteiger partial charge is 0.380 e. The Morgan fingerprint density at radius 1 is 1.38 bits per heavy atom. The Labute approximate surface area is 101 Å². The van der Waals surface area contributed by atoms with E-state index in [0.29, 0.717) is 6.10 Å². The molecular formula is C13H28N2O. The standard InChI is InChI=1S/C13H28N2O/c1-11(2)8-14-9-13-6-5-7-15(13)10-12(3)16-4/h11-14H,5-10H2,1-4H3. The number of hydrogen-bond donors (Lipinski definition) is 1. The van der Waals surface area contributed by atoms with Crippen LogP contribution >= 0.6 is 0 Å². The van der Waals surface area contributed by atoms with Gasteiger partial charge < -0.3 is 10.1 Å². The summed E-state index contributed by atoms with van der Waals surface area (Å²) in [5.74, 6) is 0.743. The Kier molecular flexibility index (Phi) is 6.32. The molecule has 0 amide bonds. The van der Waals surface area contributed by atoms with E-state index in [-0.39, 0.29) is 0 Å². The molecule has 2 atom stereocenters. The summed E-state index contributed by atoms with van der Waals surface area (Å²) in [7, 11) is 1.80. The maximum Gasteiger partial charge on any atom is 0.0670 e. The number of ether oxygens (including phenoxy) is 1. The fourth-order valence-corrected chi connectivity index (χ4v) is 2.31. The first-order valence-corrected chi connectivity index (χ1v) is 6.61. The van der Waals surface area contributed by atoms with Crippen molar-refractivity contribution >= 4 is 0 Å². The molecule has 1 rings (SSSR count). The average Bonchev–Trinajstić information content (AvgIpc) is 2.65. The lowest BCUT2D eigenvalue weighted by Crippen LogP contribution is -2.42. The van der Waals surface area contributed by atoms with Gasteiger partial charge in [-0.1, -0.05) is 13.8 Å². The first-order valence-electron chi connectivity index (χ1n) is 6.61. The van der Waals surface area contributed by atoms with Crippen molar-refractivity contribution in [3.05, 3.63) is 0 Å². The number of hydrogen-bond acceptors (Lipinski definition) is 3. The molecule has 3 nitrogen and oxygen atoms in total. The van der Waals surface area contributed by atoms with Gasteiger partial charge in [-0.2, -0.15) is 0 Å². The van der Waals surface area contributed by atoms with Crippen LogP contribution < -0.4 is 5.32 Å². The second-order valence-corrected chi connectivity index (χ2v) is 5.39. The van der Waals surface area contributed by atoms with Gasteiger partial charge in [-0.25, -0.2) is 0 Å². The number of likely N-dealkylation sites (tertiary alicyclic amines) is 1. The maximum absolute atomic E-state index is 5.34. The molecule has 2 unspecified atom stereocenters. The highest BCUT2D eigenvalue weighted by atomic mass is 16.5. The third-order valence-corrected chi connectivity index (χ3v) is 3.33. The van der Waals surface area contributed by atoms with Crippen LogP contribution in [0.4, 0.5) is 0 Å². The van der Waals surface area contributed by atoms with Gasteiger partial charge in [0.2, 0.25) is 0 Å². The Morgan fingerprint density at radius 3 is 2.75 bits per heavy atom. The first kappa shape index (κ1) is 13.9. The van der Waals surface area contributed by atoms with E-state index in [1.807, 2.05) is 0 Å². The topological polar surface area (TPSA) is 24.5 Å². The van der Waals surface area contributed by atoms with Crippen molar-refractivity contribution in [3.63, 3.8) is 0 Å². The molecule has 16 heavy (non-hydrogen) atoms. The third kappa shape index (κ3) is 4.81. The molecule has 1 N–H and O–H groups in total. The predicted octanol–water partition coefficient (Wildman–Crippen LogP) is 1.73. The molecular weight excluding hydrogens is 200 g/mol. The molecule has 1 aliphatic heterocycles. The fourth-order valence-electron chi connectivity index (χ4n) is 2.31. The van der Waals surface area contributed by atoms with Crippen LogP contribution in [0.25, 0.3) is 0 Å². The van der Waals surface area contributed by atoms with E-state index in [4.69, 9.17) is 4.74 Å². The van der Waals surface area contributed by atoms with Gasteiger partial charge >= 0.3 is 0 Å². The molecule has 0 aliphatic carbocycles. The molecule has 0 aromatic carbocycles. The Bertz CT molecular complexity index is 185. The van der Waals surface area contributed by atoms with E-state index in [1.165, 1.54) is 19.4 Å². The highest BCUT2D eigenvalue weighted by Gasteiger charge is 2.25. The van der Waals surface area contributed by atoms with Gasteiger partial charge in [0, 0.05) is 26.2 Å². The average molecular weight is 228 g/mol. The molecule has 1 fully saturated rings. The highest BCUT2D eigenvalue weighted by molar-refractivity contribution is 4.82. The van der Waals surface area contributed by atoms with Crippen molar-refractivity contribution < 1.29 is 4.74 Å². The molecule has 0 spiro atoms. The number of nitrogens with zero attached hydrogens (tertiary/aromatic N) is 1. The number of nitrogens with one attached hydrogen (secondary N) is 1.